The van der Waals surface area contributed by atoms with Gasteiger partial charge in [-0.2, -0.15) is 5.21 Å². The largest absolute Gasteiger partial charge is 0.481 e. The Labute approximate surface area is 153 Å². The van der Waals surface area contributed by atoms with Gasteiger partial charge in [0.15, 0.2) is 0 Å². The molecular formula is C18H16FN5O3. The number of tetrazole rings is 1. The standard InChI is InChI=1S/C18H16FN5O3/c19-14-3-1-2-13(9-14)12-6-4-11(5-7-12)8-15(10-16(25)26)20-18(27)17-21-23-24-22-17/h1-7,9,15H,8,10H2,(H,20,27)(H,25,26)(H,21,22,23,24)/t15-/m1/s1. The second-order valence-electron chi connectivity index (χ2n) is 5.92. The van der Waals surface area contributed by atoms with Crippen molar-refractivity contribution < 1.29 is 19.1 Å². The van der Waals surface area contributed by atoms with Crippen molar-refractivity contribution in [3.05, 3.63) is 65.7 Å². The van der Waals surface area contributed by atoms with E-state index in [-0.39, 0.29) is 18.1 Å². The van der Waals surface area contributed by atoms with Crippen molar-refractivity contribution in [3.8, 4) is 11.1 Å². The summed E-state index contributed by atoms with van der Waals surface area (Å²) in [5.41, 5.74) is 2.41. The first-order valence-corrected chi connectivity index (χ1v) is 8.12. The second kappa shape index (κ2) is 8.17. The zero-order valence-electron chi connectivity index (χ0n) is 14.1. The number of carboxylic acids is 1. The van der Waals surface area contributed by atoms with Crippen LogP contribution >= 0.6 is 0 Å². The molecule has 0 fully saturated rings. The Balaban J connectivity index is 1.71. The fraction of sp³-hybridized carbons (Fsp3) is 0.167. The first-order chi connectivity index (χ1) is 13.0. The van der Waals surface area contributed by atoms with Crippen LogP contribution in [0.3, 0.4) is 0 Å². The Bertz CT molecular complexity index is 928. The van der Waals surface area contributed by atoms with Crippen molar-refractivity contribution in [3.63, 3.8) is 0 Å². The van der Waals surface area contributed by atoms with E-state index in [1.807, 2.05) is 24.3 Å². The lowest BCUT2D eigenvalue weighted by Crippen LogP contribution is -2.38. The van der Waals surface area contributed by atoms with Gasteiger partial charge in [-0.05, 0) is 40.5 Å². The number of hydrogen-bond donors (Lipinski definition) is 3. The minimum Gasteiger partial charge on any atom is -0.481 e. The highest BCUT2D eigenvalue weighted by atomic mass is 19.1. The number of hydrogen-bond acceptors (Lipinski definition) is 5. The lowest BCUT2D eigenvalue weighted by atomic mass is 9.99. The van der Waals surface area contributed by atoms with E-state index in [1.54, 1.807) is 12.1 Å². The van der Waals surface area contributed by atoms with Gasteiger partial charge >= 0.3 is 5.97 Å². The quantitative estimate of drug-likeness (QED) is 0.584. The van der Waals surface area contributed by atoms with Crippen molar-refractivity contribution >= 4 is 11.9 Å². The average Bonchev–Trinajstić information content (AvgIpc) is 3.16. The van der Waals surface area contributed by atoms with E-state index in [0.29, 0.717) is 6.42 Å². The van der Waals surface area contributed by atoms with Gasteiger partial charge in [0.05, 0.1) is 6.42 Å². The fourth-order valence-electron chi connectivity index (χ4n) is 2.68. The third-order valence-corrected chi connectivity index (χ3v) is 3.90. The van der Waals surface area contributed by atoms with Crippen LogP contribution in [0.4, 0.5) is 4.39 Å². The molecule has 0 aliphatic carbocycles. The van der Waals surface area contributed by atoms with Gasteiger partial charge in [0.1, 0.15) is 5.82 Å². The smallest absolute Gasteiger partial charge is 0.305 e. The molecule has 1 atom stereocenters. The number of amides is 1. The molecule has 9 heteroatoms. The van der Waals surface area contributed by atoms with Gasteiger partial charge in [0.2, 0.25) is 0 Å². The predicted molar refractivity (Wildman–Crippen MR) is 93.2 cm³/mol. The Morgan fingerprint density at radius 2 is 1.93 bits per heavy atom. The molecule has 0 saturated heterocycles. The van der Waals surface area contributed by atoms with Crippen LogP contribution in [0, 0.1) is 5.82 Å². The van der Waals surface area contributed by atoms with Crippen LogP contribution in [0.1, 0.15) is 22.6 Å². The Kier molecular flexibility index (Phi) is 5.50. The molecule has 0 radical (unpaired) electrons. The number of aromatic amines is 1. The summed E-state index contributed by atoms with van der Waals surface area (Å²) in [5.74, 6) is -2.12. The summed E-state index contributed by atoms with van der Waals surface area (Å²) >= 11 is 0. The lowest BCUT2D eigenvalue weighted by Gasteiger charge is -2.16. The number of nitrogens with one attached hydrogen (secondary N) is 2. The Morgan fingerprint density at radius 1 is 1.15 bits per heavy atom. The van der Waals surface area contributed by atoms with Gasteiger partial charge in [0, 0.05) is 6.04 Å². The average molecular weight is 369 g/mol. The van der Waals surface area contributed by atoms with Crippen molar-refractivity contribution in [1.82, 2.24) is 25.9 Å². The number of carbonyl (C=O) groups excluding carboxylic acids is 1. The molecule has 2 aromatic carbocycles. The van der Waals surface area contributed by atoms with Crippen molar-refractivity contribution in [1.29, 1.82) is 0 Å². The number of rotatable bonds is 7. The summed E-state index contributed by atoms with van der Waals surface area (Å²) in [6.07, 6.45) is 0.0502. The van der Waals surface area contributed by atoms with Gasteiger partial charge in [-0.25, -0.2) is 4.39 Å². The van der Waals surface area contributed by atoms with Crippen LogP contribution in [0.25, 0.3) is 11.1 Å². The highest BCUT2D eigenvalue weighted by Gasteiger charge is 2.20. The van der Waals surface area contributed by atoms with Crippen LogP contribution in [0.2, 0.25) is 0 Å². The van der Waals surface area contributed by atoms with E-state index in [0.717, 1.165) is 16.7 Å². The summed E-state index contributed by atoms with van der Waals surface area (Å²) in [5, 5.41) is 24.3. The van der Waals surface area contributed by atoms with Crippen LogP contribution in [0.15, 0.2) is 48.5 Å². The lowest BCUT2D eigenvalue weighted by molar-refractivity contribution is -0.137. The van der Waals surface area contributed by atoms with Crippen molar-refractivity contribution in [2.24, 2.45) is 0 Å². The minimum atomic E-state index is -1.04. The minimum absolute atomic E-state index is 0.160. The predicted octanol–water partition coefficient (Wildman–Crippen LogP) is 1.82. The molecule has 8 nitrogen and oxygen atoms in total. The summed E-state index contributed by atoms with van der Waals surface area (Å²) in [4.78, 5) is 23.1. The fourth-order valence-corrected chi connectivity index (χ4v) is 2.68. The highest BCUT2D eigenvalue weighted by Crippen LogP contribution is 2.21. The van der Waals surface area contributed by atoms with Gasteiger partial charge in [-0.15, -0.1) is 10.2 Å². The second-order valence-corrected chi connectivity index (χ2v) is 5.92. The number of benzene rings is 2. The molecule has 0 unspecified atom stereocenters. The molecule has 138 valence electrons. The van der Waals surface area contributed by atoms with E-state index < -0.39 is 17.9 Å². The molecule has 3 aromatic rings. The Morgan fingerprint density at radius 3 is 2.56 bits per heavy atom. The van der Waals surface area contributed by atoms with E-state index in [9.17, 15) is 14.0 Å². The summed E-state index contributed by atoms with van der Waals surface area (Å²) in [7, 11) is 0. The number of nitrogens with zero attached hydrogens (tertiary/aromatic N) is 3. The number of halogens is 1. The third-order valence-electron chi connectivity index (χ3n) is 3.90. The van der Waals surface area contributed by atoms with Crippen LogP contribution in [0.5, 0.6) is 0 Å². The molecule has 0 bridgehead atoms. The molecule has 0 aliphatic rings. The molecule has 1 amide bonds. The molecular weight excluding hydrogens is 353 g/mol. The number of H-pyrrole nitrogens is 1. The maximum Gasteiger partial charge on any atom is 0.305 e. The summed E-state index contributed by atoms with van der Waals surface area (Å²) in [6.45, 7) is 0. The summed E-state index contributed by atoms with van der Waals surface area (Å²) in [6, 6.07) is 12.9. The number of aliphatic carboxylic acids is 1. The van der Waals surface area contributed by atoms with E-state index in [4.69, 9.17) is 5.11 Å². The van der Waals surface area contributed by atoms with Crippen LogP contribution < -0.4 is 5.32 Å². The third kappa shape index (κ3) is 4.94. The molecule has 0 aliphatic heterocycles. The highest BCUT2D eigenvalue weighted by molar-refractivity contribution is 5.90. The normalized spacial score (nSPS) is 11.7. The first-order valence-electron chi connectivity index (χ1n) is 8.12. The SMILES string of the molecule is O=C(O)C[C@@H](Cc1ccc(-c2cccc(F)c2)cc1)NC(=O)c1nn[nH]n1. The van der Waals surface area contributed by atoms with E-state index >= 15 is 0 Å². The molecule has 3 rings (SSSR count). The number of carboxylic acid groups (broad SMARTS) is 1. The van der Waals surface area contributed by atoms with Gasteiger partial charge in [0.25, 0.3) is 11.7 Å². The molecule has 0 saturated carbocycles. The molecule has 1 heterocycles. The molecule has 3 N–H and O–H groups in total. The van der Waals surface area contributed by atoms with E-state index in [1.165, 1.54) is 12.1 Å². The van der Waals surface area contributed by atoms with E-state index in [2.05, 4.69) is 25.9 Å². The zero-order valence-corrected chi connectivity index (χ0v) is 14.1. The number of carbonyl (C=O) groups is 2. The van der Waals surface area contributed by atoms with Crippen molar-refractivity contribution in [2.75, 3.05) is 0 Å². The maximum absolute atomic E-state index is 13.4. The monoisotopic (exact) mass is 369 g/mol. The topological polar surface area (TPSA) is 121 Å². The zero-order chi connectivity index (χ0) is 19.2. The molecule has 1 aromatic heterocycles. The number of aromatic nitrogens is 4. The van der Waals surface area contributed by atoms with Crippen molar-refractivity contribution in [2.45, 2.75) is 18.9 Å². The first kappa shape index (κ1) is 18.2. The Hall–Kier alpha value is -3.62. The molecule has 0 spiro atoms. The van der Waals surface area contributed by atoms with Gasteiger partial charge < -0.3 is 10.4 Å². The van der Waals surface area contributed by atoms with Crippen LogP contribution in [-0.2, 0) is 11.2 Å². The van der Waals surface area contributed by atoms with Crippen LogP contribution in [-0.4, -0.2) is 43.6 Å². The molecule has 27 heavy (non-hydrogen) atoms. The summed E-state index contributed by atoms with van der Waals surface area (Å²) < 4.78 is 13.4. The van der Waals surface area contributed by atoms with Gasteiger partial charge in [-0.3, -0.25) is 9.59 Å². The maximum atomic E-state index is 13.4. The van der Waals surface area contributed by atoms with Gasteiger partial charge in [-0.1, -0.05) is 36.4 Å².